The fourth-order valence-corrected chi connectivity index (χ4v) is 2.64. The molecular formula is C12H14N2OS. The lowest BCUT2D eigenvalue weighted by molar-refractivity contribution is -0.121. The van der Waals surface area contributed by atoms with Crippen molar-refractivity contribution in [2.45, 2.75) is 19.2 Å². The zero-order chi connectivity index (χ0) is 11.5. The summed E-state index contributed by atoms with van der Waals surface area (Å²) in [4.78, 5) is 16.9. The summed E-state index contributed by atoms with van der Waals surface area (Å²) in [7, 11) is 0. The summed E-state index contributed by atoms with van der Waals surface area (Å²) in [5.41, 5.74) is 1.10. The largest absolute Gasteiger partial charge is 0.372 e. The first-order valence-corrected chi connectivity index (χ1v) is 6.13. The summed E-state index contributed by atoms with van der Waals surface area (Å²) in [5, 5.41) is 2.98. The van der Waals surface area contributed by atoms with Crippen LogP contribution in [-0.2, 0) is 4.79 Å². The van der Waals surface area contributed by atoms with Gasteiger partial charge in [0.25, 0.3) is 0 Å². The second-order valence-corrected chi connectivity index (χ2v) is 5.11. The Morgan fingerprint density at radius 3 is 2.75 bits per heavy atom. The van der Waals surface area contributed by atoms with E-state index in [2.05, 4.69) is 10.3 Å². The molecule has 0 aromatic carbocycles. The SMILES string of the molecule is CC(C)C(=O)C1NC=C(c2ccncc2)S1. The van der Waals surface area contributed by atoms with E-state index >= 15 is 0 Å². The van der Waals surface area contributed by atoms with Crippen LogP contribution in [0.3, 0.4) is 0 Å². The minimum absolute atomic E-state index is 0.0650. The van der Waals surface area contributed by atoms with Crippen LogP contribution < -0.4 is 5.32 Å². The van der Waals surface area contributed by atoms with Crippen molar-refractivity contribution < 1.29 is 4.79 Å². The van der Waals surface area contributed by atoms with Crippen LogP contribution in [0, 0.1) is 5.92 Å². The Bertz CT molecular complexity index is 414. The van der Waals surface area contributed by atoms with Gasteiger partial charge in [-0.1, -0.05) is 25.6 Å². The van der Waals surface area contributed by atoms with Gasteiger partial charge in [-0.05, 0) is 17.7 Å². The van der Waals surface area contributed by atoms with Crippen LogP contribution in [-0.4, -0.2) is 16.1 Å². The number of carbonyl (C=O) groups excluding carboxylic acids is 1. The first-order valence-electron chi connectivity index (χ1n) is 5.25. The van der Waals surface area contributed by atoms with Crippen molar-refractivity contribution >= 4 is 22.5 Å². The Morgan fingerprint density at radius 1 is 1.44 bits per heavy atom. The zero-order valence-electron chi connectivity index (χ0n) is 9.31. The molecule has 1 unspecified atom stereocenters. The molecule has 1 atom stereocenters. The van der Waals surface area contributed by atoms with E-state index in [1.165, 1.54) is 0 Å². The summed E-state index contributed by atoms with van der Waals surface area (Å²) in [6, 6.07) is 3.89. The highest BCUT2D eigenvalue weighted by molar-refractivity contribution is 8.09. The second kappa shape index (κ2) is 4.70. The van der Waals surface area contributed by atoms with Crippen LogP contribution >= 0.6 is 11.8 Å². The Balaban J connectivity index is 2.06. The molecule has 2 heterocycles. The number of ketones is 1. The van der Waals surface area contributed by atoms with Gasteiger partial charge < -0.3 is 5.32 Å². The highest BCUT2D eigenvalue weighted by atomic mass is 32.2. The van der Waals surface area contributed by atoms with Crippen molar-refractivity contribution in [3.05, 3.63) is 36.3 Å². The van der Waals surface area contributed by atoms with Crippen LogP contribution in [0.1, 0.15) is 19.4 Å². The fourth-order valence-electron chi connectivity index (χ4n) is 1.46. The van der Waals surface area contributed by atoms with E-state index in [4.69, 9.17) is 0 Å². The third-order valence-electron chi connectivity index (χ3n) is 2.40. The number of hydrogen-bond acceptors (Lipinski definition) is 4. The highest BCUT2D eigenvalue weighted by Crippen LogP contribution is 2.34. The summed E-state index contributed by atoms with van der Waals surface area (Å²) >= 11 is 1.57. The van der Waals surface area contributed by atoms with Crippen molar-refractivity contribution in [3.63, 3.8) is 0 Å². The Hall–Kier alpha value is -1.29. The van der Waals surface area contributed by atoms with E-state index in [1.807, 2.05) is 32.2 Å². The molecule has 1 aliphatic heterocycles. The summed E-state index contributed by atoms with van der Waals surface area (Å²) in [6.45, 7) is 3.85. The van der Waals surface area contributed by atoms with Gasteiger partial charge in [0.05, 0.1) is 0 Å². The van der Waals surface area contributed by atoms with Crippen LogP contribution in [0.25, 0.3) is 4.91 Å². The Morgan fingerprint density at radius 2 is 2.12 bits per heavy atom. The predicted octanol–water partition coefficient (Wildman–Crippen LogP) is 2.27. The summed E-state index contributed by atoms with van der Waals surface area (Å²) in [5.74, 6) is 0.306. The summed E-state index contributed by atoms with van der Waals surface area (Å²) < 4.78 is 0. The molecule has 1 aliphatic rings. The van der Waals surface area contributed by atoms with E-state index in [1.54, 1.807) is 24.2 Å². The molecule has 0 fully saturated rings. The topological polar surface area (TPSA) is 42.0 Å². The fraction of sp³-hybridized carbons (Fsp3) is 0.333. The Kier molecular flexibility index (Phi) is 3.29. The summed E-state index contributed by atoms with van der Waals surface area (Å²) in [6.07, 6.45) is 5.42. The number of rotatable bonds is 3. The van der Waals surface area contributed by atoms with Crippen LogP contribution in [0.5, 0.6) is 0 Å². The van der Waals surface area contributed by atoms with Gasteiger partial charge >= 0.3 is 0 Å². The number of hydrogen-bond donors (Lipinski definition) is 1. The molecule has 1 aromatic heterocycles. The monoisotopic (exact) mass is 234 g/mol. The molecule has 16 heavy (non-hydrogen) atoms. The molecule has 0 saturated heterocycles. The van der Waals surface area contributed by atoms with Crippen molar-refractivity contribution in [3.8, 4) is 0 Å². The maximum Gasteiger partial charge on any atom is 0.168 e. The molecule has 0 radical (unpaired) electrons. The van der Waals surface area contributed by atoms with Crippen molar-refractivity contribution in [1.82, 2.24) is 10.3 Å². The van der Waals surface area contributed by atoms with Gasteiger partial charge in [-0.15, -0.1) is 0 Å². The lowest BCUT2D eigenvalue weighted by Crippen LogP contribution is -2.30. The molecule has 2 rings (SSSR count). The second-order valence-electron chi connectivity index (χ2n) is 3.97. The molecule has 84 valence electrons. The lowest BCUT2D eigenvalue weighted by atomic mass is 10.1. The van der Waals surface area contributed by atoms with Crippen molar-refractivity contribution in [1.29, 1.82) is 0 Å². The van der Waals surface area contributed by atoms with Gasteiger partial charge in [-0.3, -0.25) is 9.78 Å². The zero-order valence-corrected chi connectivity index (χ0v) is 10.1. The van der Waals surface area contributed by atoms with E-state index in [0.717, 1.165) is 10.5 Å². The molecule has 0 aliphatic carbocycles. The number of Topliss-reactive ketones (excluding diaryl/α,β-unsaturated/α-hetero) is 1. The van der Waals surface area contributed by atoms with Gasteiger partial charge in [0.2, 0.25) is 0 Å². The quantitative estimate of drug-likeness (QED) is 0.871. The Labute approximate surface area is 99.3 Å². The van der Waals surface area contributed by atoms with Gasteiger partial charge in [0, 0.05) is 29.4 Å². The van der Waals surface area contributed by atoms with Crippen molar-refractivity contribution in [2.75, 3.05) is 0 Å². The minimum Gasteiger partial charge on any atom is -0.372 e. The molecule has 0 saturated carbocycles. The number of thioether (sulfide) groups is 1. The van der Waals surface area contributed by atoms with Gasteiger partial charge in [-0.2, -0.15) is 0 Å². The number of nitrogens with one attached hydrogen (secondary N) is 1. The smallest absolute Gasteiger partial charge is 0.168 e. The van der Waals surface area contributed by atoms with Gasteiger partial charge in [0.1, 0.15) is 5.37 Å². The molecule has 4 heteroatoms. The standard InChI is InChI=1S/C12H14N2OS/c1-8(2)11(15)12-14-7-10(16-12)9-3-5-13-6-4-9/h3-8,12,14H,1-2H3. The number of carbonyl (C=O) groups is 1. The van der Waals surface area contributed by atoms with E-state index in [0.29, 0.717) is 0 Å². The predicted molar refractivity (Wildman–Crippen MR) is 66.6 cm³/mol. The van der Waals surface area contributed by atoms with Crippen molar-refractivity contribution in [2.24, 2.45) is 5.92 Å². The normalized spacial score (nSPS) is 19.4. The molecule has 1 aromatic rings. The third-order valence-corrected chi connectivity index (χ3v) is 3.61. The van der Waals surface area contributed by atoms with Gasteiger partial charge in [-0.25, -0.2) is 0 Å². The lowest BCUT2D eigenvalue weighted by Gasteiger charge is -2.11. The average molecular weight is 234 g/mol. The molecule has 0 spiro atoms. The molecule has 0 bridgehead atoms. The van der Waals surface area contributed by atoms with Gasteiger partial charge in [0.15, 0.2) is 5.78 Å². The minimum atomic E-state index is -0.136. The first kappa shape index (κ1) is 11.2. The first-order chi connectivity index (χ1) is 7.68. The van der Waals surface area contributed by atoms with Crippen LogP contribution in [0.4, 0.5) is 0 Å². The molecule has 1 N–H and O–H groups in total. The number of aromatic nitrogens is 1. The average Bonchev–Trinajstić information content (AvgIpc) is 2.78. The third kappa shape index (κ3) is 2.27. The number of nitrogens with zero attached hydrogens (tertiary/aromatic N) is 1. The van der Waals surface area contributed by atoms with Crippen LogP contribution in [0.2, 0.25) is 0 Å². The maximum atomic E-state index is 11.8. The molecule has 3 nitrogen and oxygen atoms in total. The van der Waals surface area contributed by atoms with E-state index in [-0.39, 0.29) is 17.1 Å². The van der Waals surface area contributed by atoms with Crippen LogP contribution in [0.15, 0.2) is 30.7 Å². The molecular weight excluding hydrogens is 220 g/mol. The highest BCUT2D eigenvalue weighted by Gasteiger charge is 2.26. The molecule has 0 amide bonds. The maximum absolute atomic E-state index is 11.8. The van der Waals surface area contributed by atoms with E-state index in [9.17, 15) is 4.79 Å². The van der Waals surface area contributed by atoms with E-state index < -0.39 is 0 Å². The number of pyridine rings is 1.